The molecule has 0 bridgehead atoms. The molecule has 154 valence electrons. The Morgan fingerprint density at radius 1 is 1.24 bits per heavy atom. The number of hydrazine groups is 1. The zero-order chi connectivity index (χ0) is 19.9. The van der Waals surface area contributed by atoms with Crippen LogP contribution in [-0.2, 0) is 0 Å². The topological polar surface area (TPSA) is 54.6 Å². The van der Waals surface area contributed by atoms with Gasteiger partial charge in [0.2, 0.25) is 0 Å². The fourth-order valence-electron chi connectivity index (χ4n) is 5.68. The maximum Gasteiger partial charge on any atom is 0.270 e. The molecule has 1 amide bonds. The van der Waals surface area contributed by atoms with Crippen LogP contribution in [0.4, 0.5) is 8.78 Å². The number of hydrogen-bond donors (Lipinski definition) is 2. The van der Waals surface area contributed by atoms with Crippen molar-refractivity contribution >= 4 is 16.8 Å². The number of carbonyl (C=O) groups is 1. The first kappa shape index (κ1) is 17.8. The van der Waals surface area contributed by atoms with Crippen LogP contribution in [0.1, 0.15) is 29.8 Å². The first-order valence-corrected chi connectivity index (χ1v) is 10.5. The minimum Gasteiger partial charge on any atom is -0.350 e. The monoisotopic (exact) mass is 401 g/mol. The molecule has 1 aromatic carbocycles. The van der Waals surface area contributed by atoms with E-state index in [9.17, 15) is 13.6 Å². The average molecular weight is 401 g/mol. The zero-order valence-electron chi connectivity index (χ0n) is 16.4. The van der Waals surface area contributed by atoms with E-state index < -0.39 is 11.6 Å². The van der Waals surface area contributed by atoms with E-state index in [0.29, 0.717) is 47.8 Å². The number of halogens is 2. The van der Waals surface area contributed by atoms with E-state index in [2.05, 4.69) is 27.4 Å². The maximum absolute atomic E-state index is 14.0. The van der Waals surface area contributed by atoms with Gasteiger partial charge in [0, 0.05) is 60.6 Å². The molecule has 2 N–H and O–H groups in total. The van der Waals surface area contributed by atoms with Gasteiger partial charge in [0.15, 0.2) is 11.6 Å². The molecule has 6 rings (SSSR count). The molecule has 6 nitrogen and oxygen atoms in total. The Balaban J connectivity index is 1.23. The number of likely N-dealkylation sites (N-methyl/N-ethyl adjacent to an activating group) is 1. The number of fused-ring (bicyclic) bond motifs is 4. The van der Waals surface area contributed by atoms with Crippen LogP contribution >= 0.6 is 0 Å². The van der Waals surface area contributed by atoms with E-state index in [1.165, 1.54) is 25.0 Å². The molecule has 0 radical (unpaired) electrons. The van der Waals surface area contributed by atoms with Crippen LogP contribution in [0, 0.1) is 17.6 Å². The lowest BCUT2D eigenvalue weighted by atomic mass is 9.86. The number of nitrogens with zero attached hydrogens (tertiary/aromatic N) is 3. The second-order valence-corrected chi connectivity index (χ2v) is 9.25. The Hall–Kier alpha value is -2.03. The molecule has 3 saturated heterocycles. The fourth-order valence-corrected chi connectivity index (χ4v) is 5.68. The summed E-state index contributed by atoms with van der Waals surface area (Å²) < 4.78 is 27.6. The van der Waals surface area contributed by atoms with Crippen LogP contribution in [-0.4, -0.2) is 76.5 Å². The highest BCUT2D eigenvalue weighted by Crippen LogP contribution is 2.46. The largest absolute Gasteiger partial charge is 0.350 e. The third-order valence-corrected chi connectivity index (χ3v) is 7.66. The van der Waals surface area contributed by atoms with Crippen molar-refractivity contribution in [1.29, 1.82) is 0 Å². The Kier molecular flexibility index (Phi) is 3.68. The molecule has 1 spiro atoms. The first-order chi connectivity index (χ1) is 13.9. The summed E-state index contributed by atoms with van der Waals surface area (Å²) in [5.74, 6) is -1.57. The summed E-state index contributed by atoms with van der Waals surface area (Å²) in [6, 6.07) is 4.80. The molecule has 3 aliphatic heterocycles. The van der Waals surface area contributed by atoms with Gasteiger partial charge in [-0.3, -0.25) is 15.1 Å². The molecule has 1 aromatic heterocycles. The zero-order valence-corrected chi connectivity index (χ0v) is 16.4. The van der Waals surface area contributed by atoms with Gasteiger partial charge in [-0.05, 0) is 44.5 Å². The van der Waals surface area contributed by atoms with Gasteiger partial charge < -0.3 is 9.88 Å². The van der Waals surface area contributed by atoms with E-state index in [1.54, 1.807) is 0 Å². The van der Waals surface area contributed by atoms with Gasteiger partial charge in [0.1, 0.15) is 5.69 Å². The molecule has 3 atom stereocenters. The number of likely N-dealkylation sites (tertiary alicyclic amines) is 1. The normalized spacial score (nSPS) is 31.3. The lowest BCUT2D eigenvalue weighted by Crippen LogP contribution is -2.60. The standard InChI is InChI=1S/C21H25F2N5O/c1-26-10-18-13-9-27(7-4-16(13)25-28(18)11-21(26)5-6-21)20(29)17-8-12-15(24-17)3-2-14(22)19(12)23/h2-3,8,13,16,18,24-25H,4-7,9-11H2,1H3. The third kappa shape index (κ3) is 2.59. The summed E-state index contributed by atoms with van der Waals surface area (Å²) in [4.78, 5) is 20.5. The van der Waals surface area contributed by atoms with E-state index in [4.69, 9.17) is 0 Å². The fraction of sp³-hybridized carbons (Fsp3) is 0.571. The SMILES string of the molecule is CN1CC2C3CN(C(=O)c4cc5c(F)c(F)ccc5[nH]4)CCC3NN2CC12CC2. The van der Waals surface area contributed by atoms with Gasteiger partial charge in [-0.25, -0.2) is 13.8 Å². The number of aromatic amines is 1. The Morgan fingerprint density at radius 2 is 2.07 bits per heavy atom. The van der Waals surface area contributed by atoms with Crippen molar-refractivity contribution in [2.75, 3.05) is 33.2 Å². The van der Waals surface area contributed by atoms with Crippen LogP contribution in [0.5, 0.6) is 0 Å². The van der Waals surface area contributed by atoms with E-state index in [1.807, 2.05) is 4.90 Å². The lowest BCUT2D eigenvalue weighted by Gasteiger charge is -2.44. The number of rotatable bonds is 1. The summed E-state index contributed by atoms with van der Waals surface area (Å²) in [6.45, 7) is 3.43. The highest BCUT2D eigenvalue weighted by atomic mass is 19.2. The van der Waals surface area contributed by atoms with Crippen LogP contribution < -0.4 is 5.43 Å². The van der Waals surface area contributed by atoms with Crippen molar-refractivity contribution < 1.29 is 13.6 Å². The van der Waals surface area contributed by atoms with Gasteiger partial charge in [-0.15, -0.1) is 0 Å². The molecule has 3 unspecified atom stereocenters. The second-order valence-electron chi connectivity index (χ2n) is 9.25. The summed E-state index contributed by atoms with van der Waals surface area (Å²) in [5.41, 5.74) is 4.84. The molecule has 2 aromatic rings. The van der Waals surface area contributed by atoms with E-state index in [-0.39, 0.29) is 11.3 Å². The molecule has 4 aliphatic rings. The van der Waals surface area contributed by atoms with Crippen molar-refractivity contribution in [1.82, 2.24) is 25.2 Å². The van der Waals surface area contributed by atoms with Crippen LogP contribution in [0.3, 0.4) is 0 Å². The molecule has 4 fully saturated rings. The number of hydrogen-bond acceptors (Lipinski definition) is 4. The number of nitrogens with one attached hydrogen (secondary N) is 2. The van der Waals surface area contributed by atoms with Gasteiger partial charge in [-0.2, -0.15) is 0 Å². The van der Waals surface area contributed by atoms with Crippen LogP contribution in [0.25, 0.3) is 10.9 Å². The van der Waals surface area contributed by atoms with Gasteiger partial charge in [-0.1, -0.05) is 0 Å². The van der Waals surface area contributed by atoms with Crippen molar-refractivity contribution in [2.24, 2.45) is 5.92 Å². The minimum absolute atomic E-state index is 0.126. The van der Waals surface area contributed by atoms with Crippen molar-refractivity contribution in [3.8, 4) is 0 Å². The van der Waals surface area contributed by atoms with Gasteiger partial charge in [0.25, 0.3) is 5.91 Å². The summed E-state index contributed by atoms with van der Waals surface area (Å²) in [7, 11) is 2.22. The summed E-state index contributed by atoms with van der Waals surface area (Å²) >= 11 is 0. The predicted octanol–water partition coefficient (Wildman–Crippen LogP) is 1.94. The molecule has 29 heavy (non-hydrogen) atoms. The van der Waals surface area contributed by atoms with E-state index in [0.717, 1.165) is 25.6 Å². The van der Waals surface area contributed by atoms with Crippen molar-refractivity contribution in [3.05, 3.63) is 35.5 Å². The summed E-state index contributed by atoms with van der Waals surface area (Å²) in [5, 5.41) is 2.55. The Labute approximate surface area is 167 Å². The molecule has 4 heterocycles. The van der Waals surface area contributed by atoms with Gasteiger partial charge >= 0.3 is 0 Å². The van der Waals surface area contributed by atoms with E-state index >= 15 is 0 Å². The molecule has 8 heteroatoms. The number of amides is 1. The lowest BCUT2D eigenvalue weighted by molar-refractivity contribution is 0.0164. The number of piperidine rings is 1. The molecular weight excluding hydrogens is 376 g/mol. The number of H-pyrrole nitrogens is 1. The molecule has 1 aliphatic carbocycles. The Morgan fingerprint density at radius 3 is 2.86 bits per heavy atom. The number of piperazine rings is 1. The minimum atomic E-state index is -0.911. The highest BCUT2D eigenvalue weighted by Gasteiger charge is 2.57. The third-order valence-electron chi connectivity index (χ3n) is 7.66. The smallest absolute Gasteiger partial charge is 0.270 e. The molecular formula is C21H25F2N5O. The average Bonchev–Trinajstić information content (AvgIpc) is 3.21. The highest BCUT2D eigenvalue weighted by molar-refractivity contribution is 5.98. The number of carbonyl (C=O) groups excluding carboxylic acids is 1. The van der Waals surface area contributed by atoms with Crippen molar-refractivity contribution in [3.63, 3.8) is 0 Å². The summed E-state index contributed by atoms with van der Waals surface area (Å²) in [6.07, 6.45) is 3.45. The van der Waals surface area contributed by atoms with Crippen molar-refractivity contribution in [2.45, 2.75) is 36.9 Å². The number of aromatic nitrogens is 1. The second kappa shape index (κ2) is 6.00. The van der Waals surface area contributed by atoms with Gasteiger partial charge in [0.05, 0.1) is 0 Å². The Bertz CT molecular complexity index is 1000. The number of benzene rings is 1. The van der Waals surface area contributed by atoms with Crippen LogP contribution in [0.15, 0.2) is 18.2 Å². The maximum atomic E-state index is 14.0. The van der Waals surface area contributed by atoms with Crippen LogP contribution in [0.2, 0.25) is 0 Å². The quantitative estimate of drug-likeness (QED) is 0.767. The predicted molar refractivity (Wildman–Crippen MR) is 104 cm³/mol. The first-order valence-electron chi connectivity index (χ1n) is 10.5. The molecule has 1 saturated carbocycles.